The van der Waals surface area contributed by atoms with Crippen molar-refractivity contribution in [3.63, 3.8) is 0 Å². The normalized spacial score (nSPS) is 10.5. The molecule has 2 aromatic heterocycles. The number of alkyl halides is 1. The lowest BCUT2D eigenvalue weighted by Gasteiger charge is -1.85. The lowest BCUT2D eigenvalue weighted by Crippen LogP contribution is -1.71. The number of furan rings is 1. The zero-order chi connectivity index (χ0) is 9.10. The first-order valence-corrected chi connectivity index (χ1v) is 4.98. The van der Waals surface area contributed by atoms with Crippen molar-refractivity contribution in [3.05, 3.63) is 18.4 Å². The van der Waals surface area contributed by atoms with Gasteiger partial charge in [-0.3, -0.25) is 0 Å². The van der Waals surface area contributed by atoms with Gasteiger partial charge >= 0.3 is 0 Å². The molecule has 13 heavy (non-hydrogen) atoms. The second kappa shape index (κ2) is 3.85. The van der Waals surface area contributed by atoms with Crippen molar-refractivity contribution in [2.24, 2.45) is 0 Å². The Bertz CT molecular complexity index is 374. The van der Waals surface area contributed by atoms with E-state index in [1.54, 1.807) is 18.4 Å². The Morgan fingerprint density at radius 2 is 2.38 bits per heavy atom. The Morgan fingerprint density at radius 3 is 3.08 bits per heavy atom. The first-order valence-electron chi connectivity index (χ1n) is 3.46. The fraction of sp³-hybridized carbons (Fsp3) is 0.143. The summed E-state index contributed by atoms with van der Waals surface area (Å²) in [7, 11) is 0. The summed E-state index contributed by atoms with van der Waals surface area (Å²) in [5.41, 5.74) is 0. The predicted molar refractivity (Wildman–Crippen MR) is 48.6 cm³/mol. The smallest absolute Gasteiger partial charge is 0.284 e. The van der Waals surface area contributed by atoms with E-state index in [2.05, 4.69) is 10.2 Å². The van der Waals surface area contributed by atoms with Crippen LogP contribution in [0, 0.1) is 0 Å². The summed E-state index contributed by atoms with van der Waals surface area (Å²) in [4.78, 5) is 0. The topological polar surface area (TPSA) is 52.1 Å². The Kier molecular flexibility index (Phi) is 2.56. The number of rotatable bonds is 3. The van der Waals surface area contributed by atoms with Gasteiger partial charge in [-0.25, -0.2) is 0 Å². The first-order chi connectivity index (χ1) is 6.40. The van der Waals surface area contributed by atoms with Gasteiger partial charge in [-0.1, -0.05) is 0 Å². The molecule has 2 rings (SSSR count). The number of hydrogen-bond donors (Lipinski definition) is 0. The fourth-order valence-electron chi connectivity index (χ4n) is 0.815. The molecule has 0 aliphatic heterocycles. The second-order valence-electron chi connectivity index (χ2n) is 2.10. The van der Waals surface area contributed by atoms with E-state index in [1.165, 1.54) is 11.8 Å². The number of aromatic nitrogens is 2. The van der Waals surface area contributed by atoms with Crippen molar-refractivity contribution in [3.8, 4) is 11.7 Å². The lowest BCUT2D eigenvalue weighted by molar-refractivity contribution is 0.448. The van der Waals surface area contributed by atoms with Gasteiger partial charge in [-0.15, -0.1) is 21.8 Å². The molecule has 0 atom stereocenters. The van der Waals surface area contributed by atoms with Gasteiger partial charge in [0.2, 0.25) is 0 Å². The molecule has 0 aliphatic rings. The van der Waals surface area contributed by atoms with Gasteiger partial charge in [-0.2, -0.15) is 0 Å². The van der Waals surface area contributed by atoms with Gasteiger partial charge in [0, 0.05) is 0 Å². The SMILES string of the molecule is ClCSc1nnc(-c2ccco2)o1. The maximum atomic E-state index is 5.48. The highest BCUT2D eigenvalue weighted by Crippen LogP contribution is 2.23. The zero-order valence-electron chi connectivity index (χ0n) is 6.44. The lowest BCUT2D eigenvalue weighted by atomic mass is 10.5. The minimum Gasteiger partial charge on any atom is -0.459 e. The molecule has 0 amide bonds. The van der Waals surface area contributed by atoms with Crippen LogP contribution < -0.4 is 0 Å². The molecule has 2 aromatic rings. The van der Waals surface area contributed by atoms with E-state index in [4.69, 9.17) is 20.4 Å². The average molecular weight is 217 g/mol. The Balaban J connectivity index is 2.23. The van der Waals surface area contributed by atoms with Crippen molar-refractivity contribution in [1.29, 1.82) is 0 Å². The van der Waals surface area contributed by atoms with Crippen LogP contribution in [-0.4, -0.2) is 15.4 Å². The van der Waals surface area contributed by atoms with Crippen LogP contribution in [0.25, 0.3) is 11.7 Å². The Labute approximate surface area is 83.3 Å². The van der Waals surface area contributed by atoms with Gasteiger partial charge < -0.3 is 8.83 Å². The molecule has 0 aliphatic carbocycles. The summed E-state index contributed by atoms with van der Waals surface area (Å²) in [6, 6.07) is 3.51. The predicted octanol–water partition coefficient (Wildman–Crippen LogP) is 2.62. The standard InChI is InChI=1S/C7H5ClN2O2S/c8-4-13-7-10-9-6(12-7)5-2-1-3-11-5/h1-3H,4H2. The highest BCUT2D eigenvalue weighted by atomic mass is 35.5. The van der Waals surface area contributed by atoms with Crippen LogP contribution in [0.1, 0.15) is 0 Å². The molecule has 0 saturated carbocycles. The third-order valence-corrected chi connectivity index (χ3v) is 2.16. The molecule has 0 N–H and O–H groups in total. The van der Waals surface area contributed by atoms with Crippen molar-refractivity contribution >= 4 is 23.4 Å². The Morgan fingerprint density at radius 1 is 1.46 bits per heavy atom. The maximum Gasteiger partial charge on any atom is 0.284 e. The van der Waals surface area contributed by atoms with Gasteiger partial charge in [0.15, 0.2) is 5.76 Å². The van der Waals surface area contributed by atoms with Crippen molar-refractivity contribution in [1.82, 2.24) is 10.2 Å². The van der Waals surface area contributed by atoms with Crippen LogP contribution in [0.2, 0.25) is 0 Å². The highest BCUT2D eigenvalue weighted by molar-refractivity contribution is 8.00. The summed E-state index contributed by atoms with van der Waals surface area (Å²) < 4.78 is 10.3. The minimum absolute atomic E-state index is 0.373. The molecule has 0 aromatic carbocycles. The summed E-state index contributed by atoms with van der Waals surface area (Å²) >= 11 is 6.76. The van der Waals surface area contributed by atoms with E-state index in [1.807, 2.05) is 0 Å². The van der Waals surface area contributed by atoms with E-state index in [-0.39, 0.29) is 0 Å². The maximum absolute atomic E-state index is 5.48. The number of halogens is 1. The molecule has 4 nitrogen and oxygen atoms in total. The second-order valence-corrected chi connectivity index (χ2v) is 3.61. The van der Waals surface area contributed by atoms with Crippen LogP contribution in [-0.2, 0) is 0 Å². The largest absolute Gasteiger partial charge is 0.459 e. The van der Waals surface area contributed by atoms with Crippen LogP contribution in [0.15, 0.2) is 32.5 Å². The first kappa shape index (κ1) is 8.65. The number of hydrogen-bond acceptors (Lipinski definition) is 5. The van der Waals surface area contributed by atoms with E-state index >= 15 is 0 Å². The molecule has 68 valence electrons. The molecule has 0 fully saturated rings. The summed E-state index contributed by atoms with van der Waals surface area (Å²) in [5.74, 6) is 0.937. The molecule has 0 spiro atoms. The van der Waals surface area contributed by atoms with Gasteiger partial charge in [0.25, 0.3) is 11.1 Å². The van der Waals surface area contributed by atoms with Crippen molar-refractivity contribution < 1.29 is 8.83 Å². The molecular weight excluding hydrogens is 212 g/mol. The van der Waals surface area contributed by atoms with Crippen LogP contribution in [0.4, 0.5) is 0 Å². The molecule has 0 bridgehead atoms. The van der Waals surface area contributed by atoms with Crippen LogP contribution >= 0.6 is 23.4 Å². The van der Waals surface area contributed by atoms with Crippen molar-refractivity contribution in [2.75, 3.05) is 5.21 Å². The van der Waals surface area contributed by atoms with Gasteiger partial charge in [0.05, 0.1) is 11.5 Å². The summed E-state index contributed by atoms with van der Waals surface area (Å²) in [6.45, 7) is 0. The summed E-state index contributed by atoms with van der Waals surface area (Å²) in [5, 5.41) is 8.39. The third kappa shape index (κ3) is 1.87. The van der Waals surface area contributed by atoms with Gasteiger partial charge in [0.1, 0.15) is 0 Å². The van der Waals surface area contributed by atoms with E-state index in [9.17, 15) is 0 Å². The average Bonchev–Trinajstić information content (AvgIpc) is 2.70. The molecule has 0 radical (unpaired) electrons. The van der Waals surface area contributed by atoms with E-state index in [0.29, 0.717) is 22.1 Å². The monoisotopic (exact) mass is 216 g/mol. The van der Waals surface area contributed by atoms with E-state index < -0.39 is 0 Å². The van der Waals surface area contributed by atoms with Crippen LogP contribution in [0.3, 0.4) is 0 Å². The Hall–Kier alpha value is -0.940. The molecule has 2 heterocycles. The fourth-order valence-corrected chi connectivity index (χ4v) is 1.42. The molecule has 0 saturated heterocycles. The number of thioether (sulfide) groups is 1. The summed E-state index contributed by atoms with van der Waals surface area (Å²) in [6.07, 6.45) is 1.55. The molecular formula is C7H5ClN2O2S. The minimum atomic E-state index is 0.373. The van der Waals surface area contributed by atoms with Gasteiger partial charge in [-0.05, 0) is 23.9 Å². The van der Waals surface area contributed by atoms with E-state index in [0.717, 1.165) is 0 Å². The van der Waals surface area contributed by atoms with Crippen molar-refractivity contribution in [2.45, 2.75) is 5.22 Å². The quantitative estimate of drug-likeness (QED) is 0.583. The third-order valence-electron chi connectivity index (χ3n) is 1.32. The van der Waals surface area contributed by atoms with Crippen LogP contribution in [0.5, 0.6) is 0 Å². The zero-order valence-corrected chi connectivity index (χ0v) is 8.01. The molecule has 0 unspecified atom stereocenters. The number of nitrogens with zero attached hydrogens (tertiary/aromatic N) is 2. The highest BCUT2D eigenvalue weighted by Gasteiger charge is 2.09. The molecule has 6 heteroatoms.